The summed E-state index contributed by atoms with van der Waals surface area (Å²) in [7, 11) is 0. The number of piperidine rings is 1. The molecule has 2 atom stereocenters. The summed E-state index contributed by atoms with van der Waals surface area (Å²) in [6.45, 7) is 6.65. The van der Waals surface area contributed by atoms with Gasteiger partial charge >= 0.3 is 12.3 Å². The normalized spacial score (nSPS) is 22.2. The third-order valence-corrected chi connectivity index (χ3v) is 6.73. The minimum atomic E-state index is -4.81. The molecule has 1 saturated heterocycles. The zero-order valence-electron chi connectivity index (χ0n) is 20.1. The van der Waals surface area contributed by atoms with Crippen LogP contribution < -0.4 is 5.32 Å². The number of hydrogen-bond acceptors (Lipinski definition) is 5. The van der Waals surface area contributed by atoms with Crippen LogP contribution in [0.25, 0.3) is 16.8 Å². The maximum absolute atomic E-state index is 13.8. The van der Waals surface area contributed by atoms with Crippen LogP contribution in [0, 0.1) is 17.7 Å². The molecule has 36 heavy (non-hydrogen) atoms. The van der Waals surface area contributed by atoms with Gasteiger partial charge in [-0.1, -0.05) is 6.07 Å². The zero-order chi connectivity index (χ0) is 25.8. The van der Waals surface area contributed by atoms with Gasteiger partial charge in [0.05, 0.1) is 5.56 Å². The van der Waals surface area contributed by atoms with Crippen LogP contribution in [0.15, 0.2) is 36.5 Å². The van der Waals surface area contributed by atoms with E-state index in [1.807, 2.05) is 20.8 Å². The average molecular weight is 506 g/mol. The summed E-state index contributed by atoms with van der Waals surface area (Å²) in [5.74, 6) is -0.564. The van der Waals surface area contributed by atoms with Crippen LogP contribution >= 0.6 is 0 Å². The maximum atomic E-state index is 13.8. The van der Waals surface area contributed by atoms with Crippen molar-refractivity contribution in [2.75, 3.05) is 18.4 Å². The fourth-order valence-electron chi connectivity index (χ4n) is 5.19. The molecule has 1 amide bonds. The van der Waals surface area contributed by atoms with Gasteiger partial charge in [-0.2, -0.15) is 18.2 Å². The molecule has 11 heteroatoms. The summed E-state index contributed by atoms with van der Waals surface area (Å²) in [4.78, 5) is 18.9. The second-order valence-electron chi connectivity index (χ2n) is 10.5. The number of amides is 1. The van der Waals surface area contributed by atoms with E-state index in [-0.39, 0.29) is 29.5 Å². The lowest BCUT2D eigenvalue weighted by atomic mass is 9.92. The lowest BCUT2D eigenvalue weighted by Crippen LogP contribution is -2.51. The molecule has 2 fully saturated rings. The maximum Gasteiger partial charge on any atom is 0.419 e. The molecule has 5 rings (SSSR count). The summed E-state index contributed by atoms with van der Waals surface area (Å²) in [5, 5.41) is 7.88. The molecule has 1 aromatic carbocycles. The molecule has 1 aliphatic heterocycles. The Morgan fingerprint density at radius 1 is 1.11 bits per heavy atom. The van der Waals surface area contributed by atoms with E-state index in [4.69, 9.17) is 4.74 Å². The summed E-state index contributed by atoms with van der Waals surface area (Å²) >= 11 is 0. The van der Waals surface area contributed by atoms with E-state index in [1.54, 1.807) is 23.2 Å². The van der Waals surface area contributed by atoms with Gasteiger partial charge in [-0.15, -0.1) is 5.10 Å². The third kappa shape index (κ3) is 4.70. The van der Waals surface area contributed by atoms with Gasteiger partial charge in [0, 0.05) is 30.9 Å². The Balaban J connectivity index is 1.38. The van der Waals surface area contributed by atoms with Crippen molar-refractivity contribution < 1.29 is 27.1 Å². The van der Waals surface area contributed by atoms with Crippen LogP contribution in [0.3, 0.4) is 0 Å². The number of hydrogen-bond donors (Lipinski definition) is 1. The van der Waals surface area contributed by atoms with E-state index in [9.17, 15) is 22.4 Å². The van der Waals surface area contributed by atoms with Crippen LogP contribution in [0.2, 0.25) is 0 Å². The lowest BCUT2D eigenvalue weighted by molar-refractivity contribution is -0.139. The molecule has 0 radical (unpaired) electrons. The van der Waals surface area contributed by atoms with Crippen LogP contribution in [0.4, 0.5) is 28.3 Å². The fourth-order valence-corrected chi connectivity index (χ4v) is 5.19. The molecule has 0 spiro atoms. The predicted molar refractivity (Wildman–Crippen MR) is 125 cm³/mol. The van der Waals surface area contributed by atoms with Crippen molar-refractivity contribution in [2.24, 2.45) is 11.8 Å². The highest BCUT2D eigenvalue weighted by Crippen LogP contribution is 2.39. The van der Waals surface area contributed by atoms with Crippen molar-refractivity contribution in [3.63, 3.8) is 0 Å². The molecule has 7 nitrogen and oxygen atoms in total. The summed E-state index contributed by atoms with van der Waals surface area (Å²) < 4.78 is 60.6. The second-order valence-corrected chi connectivity index (χ2v) is 10.5. The third-order valence-electron chi connectivity index (χ3n) is 6.73. The number of pyridine rings is 1. The number of rotatable bonds is 3. The van der Waals surface area contributed by atoms with E-state index in [0.29, 0.717) is 30.2 Å². The molecule has 3 aromatic rings. The number of alkyl halides is 3. The molecule has 2 unspecified atom stereocenters. The first-order valence-electron chi connectivity index (χ1n) is 11.9. The summed E-state index contributed by atoms with van der Waals surface area (Å²) in [5.41, 5.74) is -0.925. The Kier molecular flexibility index (Phi) is 5.83. The number of carbonyl (C=O) groups is 1. The van der Waals surface area contributed by atoms with Crippen molar-refractivity contribution in [1.29, 1.82) is 0 Å². The van der Waals surface area contributed by atoms with Gasteiger partial charge in [-0.05, 0) is 75.3 Å². The Labute approximate surface area is 205 Å². The lowest BCUT2D eigenvalue weighted by Gasteiger charge is -2.38. The molecule has 2 bridgehead atoms. The number of ether oxygens (including phenoxy) is 1. The Morgan fingerprint density at radius 2 is 1.81 bits per heavy atom. The molecule has 2 aliphatic rings. The molecule has 192 valence electrons. The number of halogens is 4. The highest BCUT2D eigenvalue weighted by molar-refractivity contribution is 5.78. The van der Waals surface area contributed by atoms with Gasteiger partial charge in [-0.3, -0.25) is 0 Å². The van der Waals surface area contributed by atoms with Crippen molar-refractivity contribution in [3.8, 4) is 11.1 Å². The molecule has 1 saturated carbocycles. The number of nitrogens with one attached hydrogen (secondary N) is 1. The monoisotopic (exact) mass is 505 g/mol. The summed E-state index contributed by atoms with van der Waals surface area (Å²) in [6, 6.07) is 6.25. The van der Waals surface area contributed by atoms with Crippen LogP contribution in [0.5, 0.6) is 0 Å². The van der Waals surface area contributed by atoms with Gasteiger partial charge < -0.3 is 15.0 Å². The zero-order valence-corrected chi connectivity index (χ0v) is 20.1. The first-order chi connectivity index (χ1) is 16.9. The number of anilines is 1. The minimum Gasteiger partial charge on any atom is -0.444 e. The van der Waals surface area contributed by atoms with E-state index in [2.05, 4.69) is 15.4 Å². The van der Waals surface area contributed by atoms with Crippen LogP contribution in [0.1, 0.15) is 39.2 Å². The predicted octanol–water partition coefficient (Wildman–Crippen LogP) is 5.61. The minimum absolute atomic E-state index is 0.0622. The molecular weight excluding hydrogens is 478 g/mol. The average Bonchev–Trinajstić information content (AvgIpc) is 3.28. The number of benzene rings is 1. The standard InChI is InChI=1S/C25H27F4N5O2/c1-24(2,3)36-23(35)33-12-15-6-7-16(13-33)20(15)30-22-31-21-17(5-4-10-34(21)32-22)14-8-9-19(26)18(11-14)25(27,28)29/h4-5,8-11,15-16,20H,6-7,12-13H2,1-3H3,(H,30,32). The smallest absolute Gasteiger partial charge is 0.419 e. The fraction of sp³-hybridized carbons (Fsp3) is 0.480. The van der Waals surface area contributed by atoms with Gasteiger partial charge in [0.25, 0.3) is 0 Å². The molecule has 1 aliphatic carbocycles. The second kappa shape index (κ2) is 8.63. The van der Waals surface area contributed by atoms with Gasteiger partial charge in [0.2, 0.25) is 5.95 Å². The van der Waals surface area contributed by atoms with Crippen molar-refractivity contribution in [3.05, 3.63) is 47.9 Å². The van der Waals surface area contributed by atoms with Gasteiger partial charge in [-0.25, -0.2) is 13.7 Å². The van der Waals surface area contributed by atoms with E-state index >= 15 is 0 Å². The van der Waals surface area contributed by atoms with Crippen molar-refractivity contribution in [1.82, 2.24) is 19.5 Å². The highest BCUT2D eigenvalue weighted by Gasteiger charge is 2.44. The van der Waals surface area contributed by atoms with E-state index in [1.165, 1.54) is 10.6 Å². The number of aromatic nitrogens is 3. The van der Waals surface area contributed by atoms with E-state index in [0.717, 1.165) is 25.0 Å². The van der Waals surface area contributed by atoms with Crippen molar-refractivity contribution in [2.45, 2.75) is 51.4 Å². The highest BCUT2D eigenvalue weighted by atomic mass is 19.4. The van der Waals surface area contributed by atoms with E-state index < -0.39 is 23.2 Å². The first-order valence-corrected chi connectivity index (χ1v) is 11.9. The topological polar surface area (TPSA) is 71.8 Å². The Morgan fingerprint density at radius 3 is 2.44 bits per heavy atom. The number of fused-ring (bicyclic) bond motifs is 3. The van der Waals surface area contributed by atoms with Crippen LogP contribution in [-0.4, -0.2) is 50.3 Å². The molecule has 3 heterocycles. The molecular formula is C25H27F4N5O2. The Hall–Kier alpha value is -3.37. The van der Waals surface area contributed by atoms with Crippen molar-refractivity contribution >= 4 is 17.7 Å². The Bertz CT molecular complexity index is 1290. The molecule has 2 aromatic heterocycles. The molecule has 1 N–H and O–H groups in total. The first kappa shape index (κ1) is 24.3. The largest absolute Gasteiger partial charge is 0.444 e. The quantitative estimate of drug-likeness (QED) is 0.469. The summed E-state index contributed by atoms with van der Waals surface area (Å²) in [6.07, 6.45) is -1.55. The van der Waals surface area contributed by atoms with Gasteiger partial charge in [0.1, 0.15) is 11.4 Å². The van der Waals surface area contributed by atoms with Crippen LogP contribution in [-0.2, 0) is 10.9 Å². The number of carbonyl (C=O) groups excluding carboxylic acids is 1. The number of likely N-dealkylation sites (tertiary alicyclic amines) is 1. The van der Waals surface area contributed by atoms with Gasteiger partial charge in [0.15, 0.2) is 5.65 Å². The number of nitrogens with zero attached hydrogens (tertiary/aromatic N) is 4. The SMILES string of the molecule is CC(C)(C)OC(=O)N1CC2CCC(C1)C2Nc1nc2c(-c3ccc(F)c(C(F)(F)F)c3)cccn2n1.